The van der Waals surface area contributed by atoms with E-state index in [0.717, 1.165) is 6.08 Å². The first kappa shape index (κ1) is 14.1. The van der Waals surface area contributed by atoms with Crippen molar-refractivity contribution in [1.82, 2.24) is 0 Å². The smallest absolute Gasteiger partial charge is 0.419 e. The van der Waals surface area contributed by atoms with Crippen LogP contribution in [0.5, 0.6) is 0 Å². The quantitative estimate of drug-likeness (QED) is 0.772. The van der Waals surface area contributed by atoms with Crippen molar-refractivity contribution in [3.05, 3.63) is 23.5 Å². The van der Waals surface area contributed by atoms with Crippen molar-refractivity contribution >= 4 is 0 Å². The predicted octanol–water partition coefficient (Wildman–Crippen LogP) is 2.44. The molecule has 0 saturated carbocycles. The van der Waals surface area contributed by atoms with Gasteiger partial charge < -0.3 is 14.2 Å². The van der Waals surface area contributed by atoms with E-state index in [1.54, 1.807) is 0 Å². The van der Waals surface area contributed by atoms with Crippen LogP contribution < -0.4 is 0 Å². The molecule has 0 amide bonds. The van der Waals surface area contributed by atoms with Crippen LogP contribution in [0.1, 0.15) is 6.92 Å². The molecule has 0 fully saturated rings. The van der Waals surface area contributed by atoms with Crippen molar-refractivity contribution in [3.8, 4) is 0 Å². The van der Waals surface area contributed by atoms with E-state index in [1.165, 1.54) is 34.3 Å². The number of allylic oxidation sites excluding steroid dienone is 1. The minimum Gasteiger partial charge on any atom is -0.496 e. The third kappa shape index (κ3) is 2.63. The van der Waals surface area contributed by atoms with Crippen molar-refractivity contribution in [2.45, 2.75) is 24.8 Å². The number of alkyl halides is 3. The van der Waals surface area contributed by atoms with Crippen LogP contribution >= 0.6 is 0 Å². The lowest BCUT2D eigenvalue weighted by Crippen LogP contribution is -2.43. The molecule has 0 aromatic heterocycles. The standard InChI is InChI=1S/C11H15F3O3/c1-10(17-4)6-7(11(12,13)14)8(15-2)5-9(10)16-3/h5-6,9H,1-4H3. The van der Waals surface area contributed by atoms with Crippen LogP contribution in [0.2, 0.25) is 0 Å². The largest absolute Gasteiger partial charge is 0.496 e. The summed E-state index contributed by atoms with van der Waals surface area (Å²) in [6.45, 7) is 1.52. The first-order valence-electron chi connectivity index (χ1n) is 4.92. The van der Waals surface area contributed by atoms with Gasteiger partial charge in [-0.05, 0) is 19.1 Å². The highest BCUT2D eigenvalue weighted by atomic mass is 19.4. The number of hydrogen-bond acceptors (Lipinski definition) is 3. The molecule has 1 rings (SSSR count). The average molecular weight is 252 g/mol. The van der Waals surface area contributed by atoms with Gasteiger partial charge in [0.05, 0.1) is 12.7 Å². The average Bonchev–Trinajstić information content (AvgIpc) is 2.27. The van der Waals surface area contributed by atoms with E-state index in [-0.39, 0.29) is 5.76 Å². The summed E-state index contributed by atoms with van der Waals surface area (Å²) < 4.78 is 53.3. The summed E-state index contributed by atoms with van der Waals surface area (Å²) in [6.07, 6.45) is -2.86. The molecule has 6 heteroatoms. The van der Waals surface area contributed by atoms with Gasteiger partial charge in [0, 0.05) is 14.2 Å². The Morgan fingerprint density at radius 3 is 2.18 bits per heavy atom. The highest BCUT2D eigenvalue weighted by molar-refractivity contribution is 5.39. The summed E-state index contributed by atoms with van der Waals surface area (Å²) in [7, 11) is 3.92. The first-order chi connectivity index (χ1) is 7.78. The molecule has 1 aliphatic rings. The maximum Gasteiger partial charge on any atom is 0.419 e. The van der Waals surface area contributed by atoms with Crippen molar-refractivity contribution in [2.24, 2.45) is 0 Å². The Morgan fingerprint density at radius 1 is 1.24 bits per heavy atom. The van der Waals surface area contributed by atoms with E-state index in [1.807, 2.05) is 0 Å². The van der Waals surface area contributed by atoms with Crippen molar-refractivity contribution in [3.63, 3.8) is 0 Å². The minimum absolute atomic E-state index is 0.251. The third-order valence-electron chi connectivity index (χ3n) is 2.78. The maximum absolute atomic E-state index is 12.8. The summed E-state index contributed by atoms with van der Waals surface area (Å²) in [5.41, 5.74) is -2.01. The molecule has 0 saturated heterocycles. The second kappa shape index (κ2) is 4.70. The number of halogens is 3. The van der Waals surface area contributed by atoms with Crippen LogP contribution in [0.3, 0.4) is 0 Å². The zero-order valence-electron chi connectivity index (χ0n) is 10.1. The molecule has 2 unspecified atom stereocenters. The third-order valence-corrected chi connectivity index (χ3v) is 2.78. The second-order valence-electron chi connectivity index (χ2n) is 3.84. The lowest BCUT2D eigenvalue weighted by atomic mass is 9.89. The Kier molecular flexibility index (Phi) is 3.88. The highest BCUT2D eigenvalue weighted by Crippen LogP contribution is 2.39. The van der Waals surface area contributed by atoms with Gasteiger partial charge in [0.25, 0.3) is 0 Å². The van der Waals surface area contributed by atoms with Gasteiger partial charge in [-0.2, -0.15) is 13.2 Å². The number of ether oxygens (including phenoxy) is 3. The molecule has 0 radical (unpaired) electrons. The molecule has 98 valence electrons. The fourth-order valence-electron chi connectivity index (χ4n) is 1.71. The van der Waals surface area contributed by atoms with E-state index < -0.39 is 23.5 Å². The second-order valence-corrected chi connectivity index (χ2v) is 3.84. The highest BCUT2D eigenvalue weighted by Gasteiger charge is 2.45. The van der Waals surface area contributed by atoms with Gasteiger partial charge in [0.1, 0.15) is 17.5 Å². The van der Waals surface area contributed by atoms with E-state index in [4.69, 9.17) is 14.2 Å². The predicted molar refractivity (Wildman–Crippen MR) is 55.4 cm³/mol. The Labute approximate surface area is 97.8 Å². The van der Waals surface area contributed by atoms with Crippen LogP contribution in [0, 0.1) is 0 Å². The first-order valence-corrected chi connectivity index (χ1v) is 4.92. The monoisotopic (exact) mass is 252 g/mol. The molecular weight excluding hydrogens is 237 g/mol. The molecule has 0 aromatic carbocycles. The van der Waals surface area contributed by atoms with Crippen LogP contribution in [0.25, 0.3) is 0 Å². The van der Waals surface area contributed by atoms with Crippen molar-refractivity contribution in [2.75, 3.05) is 21.3 Å². The topological polar surface area (TPSA) is 27.7 Å². The Balaban J connectivity index is 3.24. The number of rotatable bonds is 3. The van der Waals surface area contributed by atoms with E-state index in [9.17, 15) is 13.2 Å². The summed E-state index contributed by atoms with van der Waals surface area (Å²) in [6, 6.07) is 0. The summed E-state index contributed by atoms with van der Waals surface area (Å²) in [5.74, 6) is -0.251. The number of methoxy groups -OCH3 is 3. The fourth-order valence-corrected chi connectivity index (χ4v) is 1.71. The summed E-state index contributed by atoms with van der Waals surface area (Å²) in [5, 5.41) is 0. The molecule has 2 atom stereocenters. The van der Waals surface area contributed by atoms with E-state index >= 15 is 0 Å². The van der Waals surface area contributed by atoms with Gasteiger partial charge in [-0.15, -0.1) is 0 Å². The maximum atomic E-state index is 12.8. The Hall–Kier alpha value is -1.01. The molecular formula is C11H15F3O3. The van der Waals surface area contributed by atoms with Gasteiger partial charge in [0.15, 0.2) is 0 Å². The SMILES string of the molecule is COC1=CC(OC)C(C)(OC)C=C1C(F)(F)F. The normalized spacial score (nSPS) is 29.7. The van der Waals surface area contributed by atoms with Crippen molar-refractivity contribution < 1.29 is 27.4 Å². The van der Waals surface area contributed by atoms with Gasteiger partial charge in [-0.1, -0.05) is 0 Å². The van der Waals surface area contributed by atoms with Crippen LogP contribution in [0.4, 0.5) is 13.2 Å². The molecule has 0 spiro atoms. The Morgan fingerprint density at radius 2 is 1.82 bits per heavy atom. The lowest BCUT2D eigenvalue weighted by Gasteiger charge is -2.36. The van der Waals surface area contributed by atoms with Crippen molar-refractivity contribution in [1.29, 1.82) is 0 Å². The molecule has 3 nitrogen and oxygen atoms in total. The van der Waals surface area contributed by atoms with Crippen LogP contribution in [0.15, 0.2) is 23.5 Å². The van der Waals surface area contributed by atoms with Crippen LogP contribution in [-0.2, 0) is 14.2 Å². The zero-order chi connectivity index (χ0) is 13.3. The van der Waals surface area contributed by atoms with Gasteiger partial charge in [-0.25, -0.2) is 0 Å². The molecule has 1 aliphatic carbocycles. The molecule has 0 bridgehead atoms. The molecule has 17 heavy (non-hydrogen) atoms. The molecule has 0 N–H and O–H groups in total. The van der Waals surface area contributed by atoms with E-state index in [0.29, 0.717) is 0 Å². The zero-order valence-corrected chi connectivity index (χ0v) is 10.1. The molecule has 0 heterocycles. The Bertz CT molecular complexity index is 346. The summed E-state index contributed by atoms with van der Waals surface area (Å²) in [4.78, 5) is 0. The van der Waals surface area contributed by atoms with Gasteiger partial charge in [0.2, 0.25) is 0 Å². The fraction of sp³-hybridized carbons (Fsp3) is 0.636. The molecule has 0 aliphatic heterocycles. The molecule has 0 aromatic rings. The minimum atomic E-state index is -4.49. The number of hydrogen-bond donors (Lipinski definition) is 0. The van der Waals surface area contributed by atoms with Gasteiger partial charge >= 0.3 is 6.18 Å². The van der Waals surface area contributed by atoms with Crippen LogP contribution in [-0.4, -0.2) is 39.2 Å². The van der Waals surface area contributed by atoms with E-state index in [2.05, 4.69) is 0 Å². The van der Waals surface area contributed by atoms with Gasteiger partial charge in [-0.3, -0.25) is 0 Å². The summed E-state index contributed by atoms with van der Waals surface area (Å²) >= 11 is 0. The lowest BCUT2D eigenvalue weighted by molar-refractivity contribution is -0.103.